The van der Waals surface area contributed by atoms with Gasteiger partial charge in [0.1, 0.15) is 5.15 Å². The lowest BCUT2D eigenvalue weighted by atomic mass is 10.1. The molecule has 0 radical (unpaired) electrons. The molecule has 1 aromatic rings. The van der Waals surface area contributed by atoms with Crippen molar-refractivity contribution < 1.29 is 4.79 Å². The zero-order valence-corrected chi connectivity index (χ0v) is 12.0. The van der Waals surface area contributed by atoms with Crippen LogP contribution in [-0.4, -0.2) is 16.9 Å². The molecule has 18 heavy (non-hydrogen) atoms. The van der Waals surface area contributed by atoms with E-state index in [1.54, 1.807) is 6.07 Å². The number of pyridine rings is 1. The summed E-state index contributed by atoms with van der Waals surface area (Å²) in [5.41, 5.74) is 6.93. The molecule has 1 unspecified atom stereocenters. The highest BCUT2D eigenvalue weighted by molar-refractivity contribution is 6.34. The summed E-state index contributed by atoms with van der Waals surface area (Å²) in [5.74, 6) is -0.0928. The van der Waals surface area contributed by atoms with Crippen LogP contribution in [0.25, 0.3) is 0 Å². The van der Waals surface area contributed by atoms with Crippen LogP contribution in [0.2, 0.25) is 10.3 Å². The Hall–Kier alpha value is -0.840. The van der Waals surface area contributed by atoms with Crippen molar-refractivity contribution in [2.45, 2.75) is 39.2 Å². The maximum atomic E-state index is 11.7. The van der Waals surface area contributed by atoms with Crippen molar-refractivity contribution in [1.29, 1.82) is 0 Å². The molecule has 100 valence electrons. The second-order valence-electron chi connectivity index (χ2n) is 4.35. The fraction of sp³-hybridized carbons (Fsp3) is 0.500. The molecule has 0 saturated carbocycles. The van der Waals surface area contributed by atoms with E-state index in [1.165, 1.54) is 0 Å². The van der Waals surface area contributed by atoms with Crippen LogP contribution in [0.3, 0.4) is 0 Å². The fourth-order valence-electron chi connectivity index (χ4n) is 1.53. The highest BCUT2D eigenvalue weighted by atomic mass is 35.5. The third-order valence-electron chi connectivity index (χ3n) is 2.47. The normalized spacial score (nSPS) is 12.3. The van der Waals surface area contributed by atoms with Crippen LogP contribution in [0.1, 0.15) is 31.7 Å². The number of rotatable bonds is 5. The molecule has 0 aromatic carbocycles. The molecule has 0 bridgehead atoms. The van der Waals surface area contributed by atoms with Gasteiger partial charge in [-0.05, 0) is 38.3 Å². The summed E-state index contributed by atoms with van der Waals surface area (Å²) in [6, 6.07) is 1.77. The van der Waals surface area contributed by atoms with E-state index in [1.807, 2.05) is 13.8 Å². The zero-order chi connectivity index (χ0) is 13.7. The molecule has 3 N–H and O–H groups in total. The number of aryl methyl sites for hydroxylation is 1. The number of amides is 1. The minimum absolute atomic E-state index is 0.0928. The second-order valence-corrected chi connectivity index (χ2v) is 5.09. The summed E-state index contributed by atoms with van der Waals surface area (Å²) in [6.45, 7) is 3.74. The van der Waals surface area contributed by atoms with Crippen LogP contribution in [0.5, 0.6) is 0 Å². The van der Waals surface area contributed by atoms with Crippen LogP contribution in [-0.2, 0) is 4.79 Å². The van der Waals surface area contributed by atoms with Crippen LogP contribution in [0.15, 0.2) is 6.07 Å². The van der Waals surface area contributed by atoms with E-state index in [4.69, 9.17) is 28.9 Å². The van der Waals surface area contributed by atoms with E-state index < -0.39 is 0 Å². The monoisotopic (exact) mass is 289 g/mol. The molecular weight excluding hydrogens is 273 g/mol. The number of halogens is 2. The van der Waals surface area contributed by atoms with Crippen molar-refractivity contribution in [2.24, 2.45) is 5.73 Å². The van der Waals surface area contributed by atoms with Gasteiger partial charge in [0, 0.05) is 12.5 Å². The molecule has 6 heteroatoms. The van der Waals surface area contributed by atoms with Crippen molar-refractivity contribution >= 4 is 34.8 Å². The van der Waals surface area contributed by atoms with Crippen molar-refractivity contribution in [3.05, 3.63) is 21.9 Å². The van der Waals surface area contributed by atoms with E-state index in [-0.39, 0.29) is 17.1 Å². The lowest BCUT2D eigenvalue weighted by Crippen LogP contribution is -2.17. The van der Waals surface area contributed by atoms with Gasteiger partial charge in [0.25, 0.3) is 0 Å². The van der Waals surface area contributed by atoms with Crippen LogP contribution in [0.4, 0.5) is 5.69 Å². The van der Waals surface area contributed by atoms with E-state index in [0.717, 1.165) is 18.4 Å². The van der Waals surface area contributed by atoms with Crippen LogP contribution in [0, 0.1) is 6.92 Å². The Labute approximate surface area is 117 Å². The Morgan fingerprint density at radius 3 is 2.78 bits per heavy atom. The number of nitrogens with zero attached hydrogens (tertiary/aromatic N) is 1. The van der Waals surface area contributed by atoms with Gasteiger partial charge in [0.05, 0.1) is 5.69 Å². The molecule has 1 rings (SSSR count). The maximum absolute atomic E-state index is 11.7. The van der Waals surface area contributed by atoms with E-state index in [2.05, 4.69) is 10.3 Å². The Morgan fingerprint density at radius 2 is 2.22 bits per heavy atom. The third-order valence-corrected chi connectivity index (χ3v) is 2.94. The zero-order valence-electron chi connectivity index (χ0n) is 10.5. The van der Waals surface area contributed by atoms with Crippen LogP contribution >= 0.6 is 23.2 Å². The molecule has 4 nitrogen and oxygen atoms in total. The Morgan fingerprint density at radius 1 is 1.56 bits per heavy atom. The second kappa shape index (κ2) is 6.92. The standard InChI is InChI=1S/C12H17Cl2N3O/c1-7-6-9(13)16-12(14)11(7)17-10(18)5-3-4-8(2)15/h6,8H,3-5,15H2,1-2H3,(H,17,18). The lowest BCUT2D eigenvalue weighted by molar-refractivity contribution is -0.116. The molecule has 1 atom stereocenters. The maximum Gasteiger partial charge on any atom is 0.224 e. The number of carbonyl (C=O) groups excluding carboxylic acids is 1. The number of nitrogens with one attached hydrogen (secondary N) is 1. The lowest BCUT2D eigenvalue weighted by Gasteiger charge is -2.10. The number of hydrogen-bond acceptors (Lipinski definition) is 3. The SMILES string of the molecule is Cc1cc(Cl)nc(Cl)c1NC(=O)CCCC(C)N. The van der Waals surface area contributed by atoms with E-state index in [0.29, 0.717) is 17.3 Å². The number of carbonyl (C=O) groups is 1. The predicted molar refractivity (Wildman–Crippen MR) is 75.1 cm³/mol. The highest BCUT2D eigenvalue weighted by Crippen LogP contribution is 2.26. The van der Waals surface area contributed by atoms with Gasteiger partial charge in [0.15, 0.2) is 5.15 Å². The van der Waals surface area contributed by atoms with Gasteiger partial charge >= 0.3 is 0 Å². The number of nitrogens with two attached hydrogens (primary N) is 1. The third kappa shape index (κ3) is 4.80. The molecule has 1 heterocycles. The first-order chi connectivity index (χ1) is 8.40. The fourth-order valence-corrected chi connectivity index (χ4v) is 2.11. The van der Waals surface area contributed by atoms with Crippen LogP contribution < -0.4 is 11.1 Å². The summed E-state index contributed by atoms with van der Waals surface area (Å²) in [4.78, 5) is 15.6. The smallest absolute Gasteiger partial charge is 0.224 e. The molecule has 0 aliphatic heterocycles. The predicted octanol–water partition coefficient (Wildman–Crippen LogP) is 3.15. The quantitative estimate of drug-likeness (QED) is 0.818. The summed E-state index contributed by atoms with van der Waals surface area (Å²) >= 11 is 11.7. The first-order valence-electron chi connectivity index (χ1n) is 5.78. The summed E-state index contributed by atoms with van der Waals surface area (Å²) in [6.07, 6.45) is 1.99. The molecule has 0 saturated heterocycles. The Kier molecular flexibility index (Phi) is 5.85. The molecule has 0 aliphatic rings. The average Bonchev–Trinajstić information content (AvgIpc) is 2.22. The molecule has 1 aromatic heterocycles. The van der Waals surface area contributed by atoms with Gasteiger partial charge in [-0.25, -0.2) is 4.98 Å². The molecular formula is C12H17Cl2N3O. The van der Waals surface area contributed by atoms with Gasteiger partial charge in [-0.2, -0.15) is 0 Å². The summed E-state index contributed by atoms with van der Waals surface area (Å²) < 4.78 is 0. The first kappa shape index (κ1) is 15.2. The van der Waals surface area contributed by atoms with Crippen molar-refractivity contribution in [1.82, 2.24) is 4.98 Å². The van der Waals surface area contributed by atoms with E-state index >= 15 is 0 Å². The topological polar surface area (TPSA) is 68.0 Å². The first-order valence-corrected chi connectivity index (χ1v) is 6.54. The van der Waals surface area contributed by atoms with Crippen molar-refractivity contribution in [3.63, 3.8) is 0 Å². The number of anilines is 1. The van der Waals surface area contributed by atoms with Gasteiger partial charge in [-0.3, -0.25) is 4.79 Å². The van der Waals surface area contributed by atoms with E-state index in [9.17, 15) is 4.79 Å². The molecule has 1 amide bonds. The number of hydrogen-bond donors (Lipinski definition) is 2. The Bertz CT molecular complexity index is 412. The average molecular weight is 290 g/mol. The largest absolute Gasteiger partial charge is 0.328 e. The molecule has 0 spiro atoms. The van der Waals surface area contributed by atoms with Crippen molar-refractivity contribution in [3.8, 4) is 0 Å². The molecule has 0 aliphatic carbocycles. The highest BCUT2D eigenvalue weighted by Gasteiger charge is 2.11. The van der Waals surface area contributed by atoms with Gasteiger partial charge in [-0.1, -0.05) is 23.2 Å². The minimum Gasteiger partial charge on any atom is -0.328 e. The summed E-state index contributed by atoms with van der Waals surface area (Å²) in [7, 11) is 0. The van der Waals surface area contributed by atoms with Gasteiger partial charge in [0.2, 0.25) is 5.91 Å². The summed E-state index contributed by atoms with van der Waals surface area (Å²) in [5, 5.41) is 3.27. The van der Waals surface area contributed by atoms with Crippen molar-refractivity contribution in [2.75, 3.05) is 5.32 Å². The minimum atomic E-state index is -0.0928. The molecule has 0 fully saturated rings. The Balaban J connectivity index is 2.59. The number of aromatic nitrogens is 1. The van der Waals surface area contributed by atoms with Gasteiger partial charge < -0.3 is 11.1 Å². The van der Waals surface area contributed by atoms with Gasteiger partial charge in [-0.15, -0.1) is 0 Å².